The molecule has 4 heteroatoms. The monoisotopic (exact) mass is 309 g/mol. The highest BCUT2D eigenvalue weighted by molar-refractivity contribution is 5.98. The van der Waals surface area contributed by atoms with Gasteiger partial charge in [-0.1, -0.05) is 62.4 Å². The fourth-order valence-corrected chi connectivity index (χ4v) is 2.90. The molecule has 2 aromatic carbocycles. The van der Waals surface area contributed by atoms with Crippen molar-refractivity contribution in [3.8, 4) is 0 Å². The van der Waals surface area contributed by atoms with E-state index in [4.69, 9.17) is 4.74 Å². The molecule has 1 amide bonds. The van der Waals surface area contributed by atoms with E-state index in [9.17, 15) is 9.59 Å². The molecule has 3 rings (SSSR count). The molecule has 0 aromatic heterocycles. The predicted octanol–water partition coefficient (Wildman–Crippen LogP) is 3.41. The SMILES string of the molecule is CC(C)[C@H]1C(=O)O[C@H](c2ccccc2)N1C(=O)c1ccccc1. The standard InChI is InChI=1S/C19H19NO3/c1-13(2)16-19(22)23-18(15-11-7-4-8-12-15)20(16)17(21)14-9-5-3-6-10-14/h3-13,16,18H,1-2H3/t16-,18+/m0/s1. The van der Waals surface area contributed by atoms with Gasteiger partial charge in [0.2, 0.25) is 6.23 Å². The second-order valence-electron chi connectivity index (χ2n) is 5.97. The van der Waals surface area contributed by atoms with Crippen molar-refractivity contribution in [2.24, 2.45) is 5.92 Å². The predicted molar refractivity (Wildman–Crippen MR) is 86.5 cm³/mol. The van der Waals surface area contributed by atoms with Gasteiger partial charge in [0, 0.05) is 11.1 Å². The molecule has 23 heavy (non-hydrogen) atoms. The van der Waals surface area contributed by atoms with E-state index in [-0.39, 0.29) is 17.8 Å². The average molecular weight is 309 g/mol. The lowest BCUT2D eigenvalue weighted by Crippen LogP contribution is -2.42. The average Bonchev–Trinajstić information content (AvgIpc) is 2.93. The van der Waals surface area contributed by atoms with Crippen LogP contribution >= 0.6 is 0 Å². The van der Waals surface area contributed by atoms with E-state index >= 15 is 0 Å². The van der Waals surface area contributed by atoms with Gasteiger partial charge < -0.3 is 4.74 Å². The largest absolute Gasteiger partial charge is 0.435 e. The quantitative estimate of drug-likeness (QED) is 0.816. The normalized spacial score (nSPS) is 20.7. The molecule has 1 aliphatic heterocycles. The van der Waals surface area contributed by atoms with Crippen molar-refractivity contribution >= 4 is 11.9 Å². The first-order chi connectivity index (χ1) is 11.1. The summed E-state index contributed by atoms with van der Waals surface area (Å²) in [5.74, 6) is -0.564. The summed E-state index contributed by atoms with van der Waals surface area (Å²) in [7, 11) is 0. The minimum absolute atomic E-state index is 0.0242. The van der Waals surface area contributed by atoms with Crippen LogP contribution in [0.4, 0.5) is 0 Å². The number of hydrogen-bond donors (Lipinski definition) is 0. The molecule has 1 fully saturated rings. The molecular formula is C19H19NO3. The highest BCUT2D eigenvalue weighted by Crippen LogP contribution is 2.35. The van der Waals surface area contributed by atoms with Crippen LogP contribution in [-0.4, -0.2) is 22.8 Å². The molecule has 1 heterocycles. The molecule has 0 radical (unpaired) electrons. The van der Waals surface area contributed by atoms with E-state index in [1.165, 1.54) is 0 Å². The molecule has 0 saturated carbocycles. The summed E-state index contributed by atoms with van der Waals surface area (Å²) >= 11 is 0. The third-order valence-electron chi connectivity index (χ3n) is 3.99. The van der Waals surface area contributed by atoms with Crippen molar-refractivity contribution in [2.75, 3.05) is 0 Å². The summed E-state index contributed by atoms with van der Waals surface area (Å²) in [5, 5.41) is 0. The third-order valence-corrected chi connectivity index (χ3v) is 3.99. The topological polar surface area (TPSA) is 46.6 Å². The number of cyclic esters (lactones) is 1. The van der Waals surface area contributed by atoms with Crippen molar-refractivity contribution in [3.63, 3.8) is 0 Å². The Morgan fingerprint density at radius 2 is 1.57 bits per heavy atom. The van der Waals surface area contributed by atoms with Gasteiger partial charge in [-0.3, -0.25) is 9.69 Å². The van der Waals surface area contributed by atoms with Gasteiger partial charge in [-0.05, 0) is 18.1 Å². The van der Waals surface area contributed by atoms with Gasteiger partial charge in [0.1, 0.15) is 6.04 Å². The minimum Gasteiger partial charge on any atom is -0.435 e. The number of nitrogens with zero attached hydrogens (tertiary/aromatic N) is 1. The van der Waals surface area contributed by atoms with Crippen molar-refractivity contribution < 1.29 is 14.3 Å². The Kier molecular flexibility index (Phi) is 4.15. The molecule has 4 nitrogen and oxygen atoms in total. The Hall–Kier alpha value is -2.62. The molecule has 118 valence electrons. The van der Waals surface area contributed by atoms with Crippen LogP contribution in [0.1, 0.15) is 36.0 Å². The lowest BCUT2D eigenvalue weighted by molar-refractivity contribution is -0.143. The van der Waals surface area contributed by atoms with Gasteiger partial charge in [0.25, 0.3) is 5.91 Å². The van der Waals surface area contributed by atoms with Crippen molar-refractivity contribution in [1.29, 1.82) is 0 Å². The number of rotatable bonds is 3. The maximum absolute atomic E-state index is 13.0. The van der Waals surface area contributed by atoms with Crippen molar-refractivity contribution in [3.05, 3.63) is 71.8 Å². The lowest BCUT2D eigenvalue weighted by atomic mass is 10.0. The summed E-state index contributed by atoms with van der Waals surface area (Å²) in [4.78, 5) is 26.9. The van der Waals surface area contributed by atoms with Gasteiger partial charge in [-0.15, -0.1) is 0 Å². The van der Waals surface area contributed by atoms with Crippen LogP contribution in [0.15, 0.2) is 60.7 Å². The Morgan fingerprint density at radius 1 is 1.00 bits per heavy atom. The highest BCUT2D eigenvalue weighted by atomic mass is 16.6. The second-order valence-corrected chi connectivity index (χ2v) is 5.97. The van der Waals surface area contributed by atoms with Crippen LogP contribution in [0, 0.1) is 5.92 Å². The molecule has 2 aromatic rings. The molecule has 1 saturated heterocycles. The number of carbonyl (C=O) groups is 2. The second kappa shape index (κ2) is 6.24. The molecule has 0 aliphatic carbocycles. The smallest absolute Gasteiger partial charge is 0.331 e. The van der Waals surface area contributed by atoms with Gasteiger partial charge in [-0.25, -0.2) is 4.79 Å². The maximum Gasteiger partial charge on any atom is 0.331 e. The fourth-order valence-electron chi connectivity index (χ4n) is 2.90. The van der Waals surface area contributed by atoms with E-state index in [1.807, 2.05) is 62.4 Å². The van der Waals surface area contributed by atoms with Crippen LogP contribution in [0.5, 0.6) is 0 Å². The Bertz CT molecular complexity index is 697. The number of hydrogen-bond acceptors (Lipinski definition) is 3. The van der Waals surface area contributed by atoms with E-state index in [0.717, 1.165) is 5.56 Å². The van der Waals surface area contributed by atoms with Crippen LogP contribution in [0.3, 0.4) is 0 Å². The van der Waals surface area contributed by atoms with Crippen LogP contribution < -0.4 is 0 Å². The summed E-state index contributed by atoms with van der Waals surface area (Å²) in [6.45, 7) is 3.84. The van der Waals surface area contributed by atoms with Gasteiger partial charge >= 0.3 is 5.97 Å². The number of esters is 1. The van der Waals surface area contributed by atoms with Crippen molar-refractivity contribution in [1.82, 2.24) is 4.90 Å². The summed E-state index contributed by atoms with van der Waals surface area (Å²) in [6, 6.07) is 17.8. The first kappa shape index (κ1) is 15.3. The number of benzene rings is 2. The van der Waals surface area contributed by atoms with E-state index < -0.39 is 12.3 Å². The van der Waals surface area contributed by atoms with Crippen molar-refractivity contribution in [2.45, 2.75) is 26.1 Å². The Balaban J connectivity index is 2.02. The Morgan fingerprint density at radius 3 is 2.13 bits per heavy atom. The van der Waals surface area contributed by atoms with E-state index in [0.29, 0.717) is 5.56 Å². The minimum atomic E-state index is -0.677. The fraction of sp³-hybridized carbons (Fsp3) is 0.263. The molecule has 2 atom stereocenters. The van der Waals surface area contributed by atoms with E-state index in [2.05, 4.69) is 0 Å². The Labute approximate surface area is 135 Å². The highest BCUT2D eigenvalue weighted by Gasteiger charge is 2.47. The van der Waals surface area contributed by atoms with Gasteiger partial charge in [0.15, 0.2) is 0 Å². The summed E-state index contributed by atoms with van der Waals surface area (Å²) < 4.78 is 5.54. The zero-order chi connectivity index (χ0) is 16.4. The molecule has 0 unspecified atom stereocenters. The summed E-state index contributed by atoms with van der Waals surface area (Å²) in [5.41, 5.74) is 1.35. The van der Waals surface area contributed by atoms with Crippen LogP contribution in [-0.2, 0) is 9.53 Å². The number of carbonyl (C=O) groups excluding carboxylic acids is 2. The van der Waals surface area contributed by atoms with Gasteiger partial charge in [-0.2, -0.15) is 0 Å². The molecule has 0 bridgehead atoms. The first-order valence-electron chi connectivity index (χ1n) is 7.72. The molecule has 0 spiro atoms. The summed E-state index contributed by atoms with van der Waals surface area (Å²) in [6.07, 6.45) is -0.677. The zero-order valence-electron chi connectivity index (χ0n) is 13.2. The van der Waals surface area contributed by atoms with Gasteiger partial charge in [0.05, 0.1) is 0 Å². The third kappa shape index (κ3) is 2.84. The molecule has 0 N–H and O–H groups in total. The van der Waals surface area contributed by atoms with Crippen LogP contribution in [0.25, 0.3) is 0 Å². The number of ether oxygens (including phenoxy) is 1. The first-order valence-corrected chi connectivity index (χ1v) is 7.72. The lowest BCUT2D eigenvalue weighted by Gasteiger charge is -2.28. The van der Waals surface area contributed by atoms with Crippen LogP contribution in [0.2, 0.25) is 0 Å². The molecular weight excluding hydrogens is 290 g/mol. The van der Waals surface area contributed by atoms with E-state index in [1.54, 1.807) is 17.0 Å². The molecule has 1 aliphatic rings. The number of amides is 1. The zero-order valence-corrected chi connectivity index (χ0v) is 13.2. The maximum atomic E-state index is 13.0.